The standard InChI is InChI=1S/C10H12N2O2/c1-3-7-9(14-12-10(7)11)8-6(2)4-5-13-8/h4-5H,3H2,1-2H3,(H2,11,12). The molecule has 0 amide bonds. The van der Waals surface area contributed by atoms with E-state index in [2.05, 4.69) is 5.16 Å². The topological polar surface area (TPSA) is 65.2 Å². The van der Waals surface area contributed by atoms with Crippen molar-refractivity contribution >= 4 is 5.82 Å². The summed E-state index contributed by atoms with van der Waals surface area (Å²) in [5, 5.41) is 3.73. The minimum absolute atomic E-state index is 0.443. The minimum Gasteiger partial charge on any atom is -0.461 e. The number of furan rings is 1. The van der Waals surface area contributed by atoms with E-state index in [1.807, 2.05) is 19.9 Å². The summed E-state index contributed by atoms with van der Waals surface area (Å²) >= 11 is 0. The fraction of sp³-hybridized carbons (Fsp3) is 0.300. The average molecular weight is 192 g/mol. The number of anilines is 1. The van der Waals surface area contributed by atoms with Gasteiger partial charge in [0.1, 0.15) is 0 Å². The lowest BCUT2D eigenvalue weighted by molar-refractivity contribution is 0.419. The summed E-state index contributed by atoms with van der Waals surface area (Å²) < 4.78 is 10.5. The van der Waals surface area contributed by atoms with Gasteiger partial charge >= 0.3 is 0 Å². The summed E-state index contributed by atoms with van der Waals surface area (Å²) in [4.78, 5) is 0. The number of aromatic nitrogens is 1. The first-order valence-electron chi connectivity index (χ1n) is 4.52. The maximum atomic E-state index is 5.66. The van der Waals surface area contributed by atoms with E-state index in [0.717, 1.165) is 17.5 Å². The quantitative estimate of drug-likeness (QED) is 0.793. The molecule has 0 spiro atoms. The van der Waals surface area contributed by atoms with Crippen molar-refractivity contribution in [2.75, 3.05) is 5.73 Å². The molecule has 4 nitrogen and oxygen atoms in total. The summed E-state index contributed by atoms with van der Waals surface area (Å²) in [7, 11) is 0. The molecule has 0 radical (unpaired) electrons. The van der Waals surface area contributed by atoms with Gasteiger partial charge in [0.05, 0.1) is 6.26 Å². The number of hydrogen-bond acceptors (Lipinski definition) is 4. The van der Waals surface area contributed by atoms with Crippen LogP contribution in [0.25, 0.3) is 11.5 Å². The molecule has 0 saturated heterocycles. The van der Waals surface area contributed by atoms with Gasteiger partial charge in [-0.25, -0.2) is 0 Å². The highest BCUT2D eigenvalue weighted by atomic mass is 16.5. The molecule has 74 valence electrons. The molecule has 2 rings (SSSR count). The van der Waals surface area contributed by atoms with Crippen LogP contribution in [0.1, 0.15) is 18.1 Å². The van der Waals surface area contributed by atoms with Crippen molar-refractivity contribution in [3.63, 3.8) is 0 Å². The lowest BCUT2D eigenvalue weighted by Crippen LogP contribution is -1.90. The number of aryl methyl sites for hydroxylation is 1. The van der Waals surface area contributed by atoms with Crippen LogP contribution in [0.4, 0.5) is 5.82 Å². The Labute approximate surface area is 81.7 Å². The molecule has 2 N–H and O–H groups in total. The number of hydrogen-bond donors (Lipinski definition) is 1. The second-order valence-electron chi connectivity index (χ2n) is 3.16. The van der Waals surface area contributed by atoms with E-state index >= 15 is 0 Å². The Morgan fingerprint density at radius 2 is 2.21 bits per heavy atom. The second kappa shape index (κ2) is 3.21. The first-order chi connectivity index (χ1) is 6.74. The third-order valence-electron chi connectivity index (χ3n) is 2.24. The molecule has 14 heavy (non-hydrogen) atoms. The van der Waals surface area contributed by atoms with Crippen molar-refractivity contribution in [3.05, 3.63) is 23.5 Å². The lowest BCUT2D eigenvalue weighted by Gasteiger charge is -1.96. The van der Waals surface area contributed by atoms with Crippen LogP contribution in [0.3, 0.4) is 0 Å². The highest BCUT2D eigenvalue weighted by molar-refractivity contribution is 5.64. The van der Waals surface area contributed by atoms with Crippen LogP contribution in [-0.2, 0) is 6.42 Å². The van der Waals surface area contributed by atoms with Gasteiger partial charge < -0.3 is 14.7 Å². The molecule has 0 aliphatic carbocycles. The normalized spacial score (nSPS) is 10.7. The third kappa shape index (κ3) is 1.19. The van der Waals surface area contributed by atoms with Crippen molar-refractivity contribution in [1.82, 2.24) is 5.16 Å². The van der Waals surface area contributed by atoms with Crippen LogP contribution in [0.15, 0.2) is 21.3 Å². The highest BCUT2D eigenvalue weighted by Gasteiger charge is 2.18. The highest BCUT2D eigenvalue weighted by Crippen LogP contribution is 2.30. The van der Waals surface area contributed by atoms with Gasteiger partial charge in [0.15, 0.2) is 11.6 Å². The van der Waals surface area contributed by atoms with Crippen LogP contribution in [0.5, 0.6) is 0 Å². The van der Waals surface area contributed by atoms with Gasteiger partial charge in [-0.1, -0.05) is 12.1 Å². The van der Waals surface area contributed by atoms with Crippen molar-refractivity contribution in [2.24, 2.45) is 0 Å². The molecule has 0 bridgehead atoms. The van der Waals surface area contributed by atoms with Crippen LogP contribution < -0.4 is 5.73 Å². The Morgan fingerprint density at radius 3 is 2.79 bits per heavy atom. The maximum absolute atomic E-state index is 5.66. The van der Waals surface area contributed by atoms with Crippen LogP contribution in [-0.4, -0.2) is 5.16 Å². The van der Waals surface area contributed by atoms with Crippen LogP contribution in [0, 0.1) is 6.92 Å². The van der Waals surface area contributed by atoms with Gasteiger partial charge in [0.2, 0.25) is 5.76 Å². The summed E-state index contributed by atoms with van der Waals surface area (Å²) in [5.74, 6) is 1.80. The zero-order chi connectivity index (χ0) is 10.1. The van der Waals surface area contributed by atoms with E-state index in [0.29, 0.717) is 17.3 Å². The Kier molecular flexibility index (Phi) is 2.04. The smallest absolute Gasteiger partial charge is 0.207 e. The lowest BCUT2D eigenvalue weighted by atomic mass is 10.1. The van der Waals surface area contributed by atoms with E-state index in [4.69, 9.17) is 14.7 Å². The van der Waals surface area contributed by atoms with Crippen molar-refractivity contribution in [3.8, 4) is 11.5 Å². The third-order valence-corrected chi connectivity index (χ3v) is 2.24. The van der Waals surface area contributed by atoms with E-state index in [-0.39, 0.29) is 0 Å². The minimum atomic E-state index is 0.443. The van der Waals surface area contributed by atoms with Crippen LogP contribution >= 0.6 is 0 Å². The summed E-state index contributed by atoms with van der Waals surface area (Å²) in [6, 6.07) is 1.88. The first-order valence-corrected chi connectivity index (χ1v) is 4.52. The van der Waals surface area contributed by atoms with E-state index in [9.17, 15) is 0 Å². The molecular weight excluding hydrogens is 180 g/mol. The van der Waals surface area contributed by atoms with E-state index in [1.165, 1.54) is 0 Å². The first kappa shape index (κ1) is 8.87. The van der Waals surface area contributed by atoms with Gasteiger partial charge in [-0.2, -0.15) is 0 Å². The predicted octanol–water partition coefficient (Wildman–Crippen LogP) is 2.39. The second-order valence-corrected chi connectivity index (χ2v) is 3.16. The Morgan fingerprint density at radius 1 is 1.43 bits per heavy atom. The van der Waals surface area contributed by atoms with E-state index < -0.39 is 0 Å². The molecule has 4 heteroatoms. The van der Waals surface area contributed by atoms with Gasteiger partial charge in [0.25, 0.3) is 0 Å². The fourth-order valence-electron chi connectivity index (χ4n) is 1.45. The molecular formula is C10H12N2O2. The largest absolute Gasteiger partial charge is 0.461 e. The molecule has 0 atom stereocenters. The number of nitrogens with zero attached hydrogens (tertiary/aromatic N) is 1. The summed E-state index contributed by atoms with van der Waals surface area (Å²) in [6.07, 6.45) is 2.41. The number of nitrogen functional groups attached to an aromatic ring is 1. The number of nitrogens with two attached hydrogens (primary N) is 1. The van der Waals surface area contributed by atoms with Crippen molar-refractivity contribution in [2.45, 2.75) is 20.3 Å². The molecule has 2 heterocycles. The van der Waals surface area contributed by atoms with Crippen LogP contribution in [0.2, 0.25) is 0 Å². The summed E-state index contributed by atoms with van der Waals surface area (Å²) in [5.41, 5.74) is 7.59. The van der Waals surface area contributed by atoms with Crippen molar-refractivity contribution < 1.29 is 8.94 Å². The monoisotopic (exact) mass is 192 g/mol. The Bertz CT molecular complexity index is 443. The molecule has 0 aliphatic heterocycles. The molecule has 0 fully saturated rings. The zero-order valence-electron chi connectivity index (χ0n) is 8.20. The predicted molar refractivity (Wildman–Crippen MR) is 52.7 cm³/mol. The maximum Gasteiger partial charge on any atom is 0.207 e. The van der Waals surface area contributed by atoms with Gasteiger partial charge in [0, 0.05) is 5.56 Å². The average Bonchev–Trinajstić information content (AvgIpc) is 2.71. The van der Waals surface area contributed by atoms with Gasteiger partial charge in [-0.05, 0) is 25.0 Å². The van der Waals surface area contributed by atoms with Crippen molar-refractivity contribution in [1.29, 1.82) is 0 Å². The zero-order valence-corrected chi connectivity index (χ0v) is 8.20. The SMILES string of the molecule is CCc1c(N)noc1-c1occc1C. The molecule has 2 aromatic heterocycles. The molecule has 0 unspecified atom stereocenters. The number of rotatable bonds is 2. The molecule has 0 aromatic carbocycles. The van der Waals surface area contributed by atoms with E-state index in [1.54, 1.807) is 6.26 Å². The Hall–Kier alpha value is -1.71. The van der Waals surface area contributed by atoms with Gasteiger partial charge in [-0.15, -0.1) is 0 Å². The summed E-state index contributed by atoms with van der Waals surface area (Å²) in [6.45, 7) is 3.96. The Balaban J connectivity index is 2.57. The molecule has 0 saturated carbocycles. The molecule has 2 aromatic rings. The van der Waals surface area contributed by atoms with Gasteiger partial charge in [-0.3, -0.25) is 0 Å². The fourth-order valence-corrected chi connectivity index (χ4v) is 1.45. The molecule has 0 aliphatic rings.